The van der Waals surface area contributed by atoms with Gasteiger partial charge in [0.05, 0.1) is 0 Å². The van der Waals surface area contributed by atoms with E-state index in [2.05, 4.69) is 53.6 Å². The third-order valence-electron chi connectivity index (χ3n) is 5.51. The first-order chi connectivity index (χ1) is 12.0. The SMILES string of the molecule is C[C@@H]1C[C@@H]1C(=O)NCCC(=O)N[C@@H]1CCN([C@@H](C)c2ccccc2)C1. The second kappa shape index (κ2) is 8.00. The Morgan fingerprint density at radius 1 is 1.28 bits per heavy atom. The van der Waals surface area contributed by atoms with E-state index in [0.29, 0.717) is 24.9 Å². The zero-order valence-electron chi connectivity index (χ0n) is 15.2. The van der Waals surface area contributed by atoms with Crippen molar-refractivity contribution in [3.63, 3.8) is 0 Å². The van der Waals surface area contributed by atoms with Crippen molar-refractivity contribution in [2.24, 2.45) is 11.8 Å². The van der Waals surface area contributed by atoms with Crippen LogP contribution in [0.4, 0.5) is 0 Å². The van der Waals surface area contributed by atoms with Gasteiger partial charge in [0, 0.05) is 44.1 Å². The maximum Gasteiger partial charge on any atom is 0.223 e. The Morgan fingerprint density at radius 3 is 2.68 bits per heavy atom. The van der Waals surface area contributed by atoms with E-state index >= 15 is 0 Å². The monoisotopic (exact) mass is 343 g/mol. The van der Waals surface area contributed by atoms with Crippen LogP contribution in [-0.4, -0.2) is 42.4 Å². The molecular weight excluding hydrogens is 314 g/mol. The number of benzene rings is 1. The molecule has 2 N–H and O–H groups in total. The van der Waals surface area contributed by atoms with Crippen molar-refractivity contribution >= 4 is 11.8 Å². The Kier molecular flexibility index (Phi) is 5.74. The number of hydrogen-bond acceptors (Lipinski definition) is 3. The Hall–Kier alpha value is -1.88. The molecule has 0 radical (unpaired) electrons. The van der Waals surface area contributed by atoms with E-state index < -0.39 is 0 Å². The number of nitrogens with one attached hydrogen (secondary N) is 2. The maximum absolute atomic E-state index is 12.1. The largest absolute Gasteiger partial charge is 0.355 e. The molecular formula is C20H29N3O2. The predicted molar refractivity (Wildman–Crippen MR) is 97.9 cm³/mol. The lowest BCUT2D eigenvalue weighted by molar-refractivity contribution is -0.123. The number of carbonyl (C=O) groups excluding carboxylic acids is 2. The van der Waals surface area contributed by atoms with Crippen LogP contribution < -0.4 is 10.6 Å². The number of nitrogens with zero attached hydrogens (tertiary/aromatic N) is 1. The molecule has 4 atom stereocenters. The van der Waals surface area contributed by atoms with Gasteiger partial charge in [-0.3, -0.25) is 14.5 Å². The van der Waals surface area contributed by atoms with Crippen LogP contribution in [0.5, 0.6) is 0 Å². The summed E-state index contributed by atoms with van der Waals surface area (Å²) < 4.78 is 0. The fourth-order valence-corrected chi connectivity index (χ4v) is 3.62. The standard InChI is InChI=1S/C20H29N3O2/c1-14-12-18(14)20(25)21-10-8-19(24)22-17-9-11-23(13-17)15(2)16-6-4-3-5-7-16/h3-7,14-15,17-18H,8-13H2,1-2H3,(H,21,25)(H,22,24)/t14-,15+,17-,18+/m1/s1. The number of likely N-dealkylation sites (tertiary alicyclic amines) is 1. The van der Waals surface area contributed by atoms with Crippen molar-refractivity contribution in [1.82, 2.24) is 15.5 Å². The van der Waals surface area contributed by atoms with Gasteiger partial charge in [0.1, 0.15) is 0 Å². The minimum atomic E-state index is 0.0309. The highest BCUT2D eigenvalue weighted by Gasteiger charge is 2.38. The van der Waals surface area contributed by atoms with E-state index in [1.54, 1.807) is 0 Å². The van der Waals surface area contributed by atoms with Gasteiger partial charge in [-0.25, -0.2) is 0 Å². The summed E-state index contributed by atoms with van der Waals surface area (Å²) in [6.07, 6.45) is 2.32. The van der Waals surface area contributed by atoms with Gasteiger partial charge < -0.3 is 10.6 Å². The summed E-state index contributed by atoms with van der Waals surface area (Å²) >= 11 is 0. The van der Waals surface area contributed by atoms with Crippen LogP contribution in [0.3, 0.4) is 0 Å². The second-order valence-electron chi connectivity index (χ2n) is 7.50. The third kappa shape index (κ3) is 4.82. The van der Waals surface area contributed by atoms with Crippen molar-refractivity contribution in [3.8, 4) is 0 Å². The molecule has 1 saturated heterocycles. The van der Waals surface area contributed by atoms with E-state index in [-0.39, 0.29) is 23.8 Å². The van der Waals surface area contributed by atoms with Crippen LogP contribution in [0.2, 0.25) is 0 Å². The van der Waals surface area contributed by atoms with Crippen molar-refractivity contribution in [3.05, 3.63) is 35.9 Å². The lowest BCUT2D eigenvalue weighted by atomic mass is 10.1. The number of hydrogen-bond donors (Lipinski definition) is 2. The summed E-state index contributed by atoms with van der Waals surface area (Å²) in [7, 11) is 0. The molecule has 1 aliphatic carbocycles. The quantitative estimate of drug-likeness (QED) is 0.797. The van der Waals surface area contributed by atoms with Gasteiger partial charge in [-0.15, -0.1) is 0 Å². The summed E-state index contributed by atoms with van der Waals surface area (Å²) in [6.45, 7) is 6.61. The molecule has 136 valence electrons. The molecule has 5 nitrogen and oxygen atoms in total. The Balaban J connectivity index is 1.36. The van der Waals surface area contributed by atoms with Crippen molar-refractivity contribution in [2.45, 2.75) is 45.2 Å². The zero-order valence-corrected chi connectivity index (χ0v) is 15.2. The highest BCUT2D eigenvalue weighted by atomic mass is 16.2. The molecule has 2 amide bonds. The fourth-order valence-electron chi connectivity index (χ4n) is 3.62. The van der Waals surface area contributed by atoms with Crippen molar-refractivity contribution in [2.75, 3.05) is 19.6 Å². The van der Waals surface area contributed by atoms with Crippen molar-refractivity contribution in [1.29, 1.82) is 0 Å². The molecule has 1 saturated carbocycles. The van der Waals surface area contributed by atoms with Crippen LogP contribution in [-0.2, 0) is 9.59 Å². The number of carbonyl (C=O) groups is 2. The normalized spacial score (nSPS) is 26.9. The van der Waals surface area contributed by atoms with Gasteiger partial charge in [-0.1, -0.05) is 37.3 Å². The first kappa shape index (κ1) is 17.9. The summed E-state index contributed by atoms with van der Waals surface area (Å²) in [5.74, 6) is 0.809. The molecule has 1 aromatic carbocycles. The topological polar surface area (TPSA) is 61.4 Å². The van der Waals surface area contributed by atoms with E-state index in [1.165, 1.54) is 5.56 Å². The highest BCUT2D eigenvalue weighted by Crippen LogP contribution is 2.37. The summed E-state index contributed by atoms with van der Waals surface area (Å²) in [5, 5.41) is 5.98. The average molecular weight is 343 g/mol. The zero-order chi connectivity index (χ0) is 17.8. The Morgan fingerprint density at radius 2 is 2.00 bits per heavy atom. The van der Waals surface area contributed by atoms with E-state index in [4.69, 9.17) is 0 Å². The molecule has 1 aliphatic heterocycles. The first-order valence-electron chi connectivity index (χ1n) is 9.40. The van der Waals surface area contributed by atoms with Gasteiger partial charge in [0.15, 0.2) is 0 Å². The molecule has 0 spiro atoms. The molecule has 0 bridgehead atoms. The first-order valence-corrected chi connectivity index (χ1v) is 9.40. The third-order valence-corrected chi connectivity index (χ3v) is 5.51. The van der Waals surface area contributed by atoms with Crippen LogP contribution in [0.15, 0.2) is 30.3 Å². The summed E-state index contributed by atoms with van der Waals surface area (Å²) in [4.78, 5) is 26.3. The van der Waals surface area contributed by atoms with E-state index in [0.717, 1.165) is 25.9 Å². The lowest BCUT2D eigenvalue weighted by Gasteiger charge is -2.24. The van der Waals surface area contributed by atoms with Gasteiger partial charge in [0.2, 0.25) is 11.8 Å². The molecule has 0 unspecified atom stereocenters. The van der Waals surface area contributed by atoms with E-state index in [9.17, 15) is 9.59 Å². The molecule has 5 heteroatoms. The molecule has 1 aromatic rings. The Labute approximate surface area is 150 Å². The second-order valence-corrected chi connectivity index (χ2v) is 7.50. The minimum absolute atomic E-state index is 0.0309. The Bertz CT molecular complexity index is 604. The summed E-state index contributed by atoms with van der Waals surface area (Å²) in [6, 6.07) is 11.0. The molecule has 2 fully saturated rings. The molecule has 25 heavy (non-hydrogen) atoms. The molecule has 0 aromatic heterocycles. The van der Waals surface area contributed by atoms with Crippen molar-refractivity contribution < 1.29 is 9.59 Å². The van der Waals surface area contributed by atoms with Crippen LogP contribution in [0.25, 0.3) is 0 Å². The van der Waals surface area contributed by atoms with E-state index in [1.807, 2.05) is 6.07 Å². The van der Waals surface area contributed by atoms with Gasteiger partial charge in [-0.05, 0) is 31.2 Å². The van der Waals surface area contributed by atoms with Gasteiger partial charge in [0.25, 0.3) is 0 Å². The molecule has 3 rings (SSSR count). The van der Waals surface area contributed by atoms with Crippen LogP contribution >= 0.6 is 0 Å². The lowest BCUT2D eigenvalue weighted by Crippen LogP contribution is -2.39. The minimum Gasteiger partial charge on any atom is -0.355 e. The highest BCUT2D eigenvalue weighted by molar-refractivity contribution is 5.82. The van der Waals surface area contributed by atoms with Crippen LogP contribution in [0.1, 0.15) is 44.7 Å². The van der Waals surface area contributed by atoms with Crippen LogP contribution in [0, 0.1) is 11.8 Å². The summed E-state index contributed by atoms with van der Waals surface area (Å²) in [5.41, 5.74) is 1.31. The number of rotatable bonds is 7. The molecule has 1 heterocycles. The van der Waals surface area contributed by atoms with Gasteiger partial charge in [-0.2, -0.15) is 0 Å². The molecule has 2 aliphatic rings. The average Bonchev–Trinajstić information content (AvgIpc) is 3.17. The fraction of sp³-hybridized carbons (Fsp3) is 0.600. The van der Waals surface area contributed by atoms with Gasteiger partial charge >= 0.3 is 0 Å². The maximum atomic E-state index is 12.1. The smallest absolute Gasteiger partial charge is 0.223 e. The predicted octanol–water partition coefficient (Wildman–Crippen LogP) is 2.10. The number of amides is 2.